The largest absolute Gasteiger partial charge is 0.481 e. The van der Waals surface area contributed by atoms with Gasteiger partial charge in [0.05, 0.1) is 17.1 Å². The van der Waals surface area contributed by atoms with Crippen molar-refractivity contribution in [1.29, 1.82) is 0 Å². The van der Waals surface area contributed by atoms with Crippen molar-refractivity contribution in [1.82, 2.24) is 14.8 Å². The lowest BCUT2D eigenvalue weighted by atomic mass is 10.0. The molecular weight excluding hydrogens is 344 g/mol. The van der Waals surface area contributed by atoms with E-state index in [4.69, 9.17) is 0 Å². The van der Waals surface area contributed by atoms with Gasteiger partial charge in [-0.15, -0.1) is 0 Å². The van der Waals surface area contributed by atoms with Crippen molar-refractivity contribution in [3.05, 3.63) is 53.3 Å². The topological polar surface area (TPSA) is 88.3 Å². The highest BCUT2D eigenvalue weighted by atomic mass is 16.4. The molecule has 1 N–H and O–H groups in total. The Morgan fingerprint density at radius 3 is 2.70 bits per heavy atom. The first-order valence-corrected chi connectivity index (χ1v) is 8.87. The highest BCUT2D eigenvalue weighted by molar-refractivity contribution is 6.14. The highest BCUT2D eigenvalue weighted by Crippen LogP contribution is 2.37. The summed E-state index contributed by atoms with van der Waals surface area (Å²) >= 11 is 0. The van der Waals surface area contributed by atoms with Crippen LogP contribution in [0.3, 0.4) is 0 Å². The van der Waals surface area contributed by atoms with E-state index in [9.17, 15) is 14.7 Å². The van der Waals surface area contributed by atoms with Crippen molar-refractivity contribution >= 4 is 28.6 Å². The lowest BCUT2D eigenvalue weighted by Gasteiger charge is -2.18. The summed E-state index contributed by atoms with van der Waals surface area (Å²) in [6, 6.07) is 9.03. The highest BCUT2D eigenvalue weighted by Gasteiger charge is 2.37. The number of carbonyl (C=O) groups excluding carboxylic acids is 1. The molecule has 1 atom stereocenters. The lowest BCUT2D eigenvalue weighted by molar-refractivity contribution is -0.138. The van der Waals surface area contributed by atoms with Gasteiger partial charge in [0, 0.05) is 24.0 Å². The van der Waals surface area contributed by atoms with Crippen LogP contribution in [0.4, 0.5) is 5.69 Å². The van der Waals surface area contributed by atoms with Crippen LogP contribution in [0.5, 0.6) is 0 Å². The summed E-state index contributed by atoms with van der Waals surface area (Å²) in [6.45, 7) is 5.97. The Morgan fingerprint density at radius 1 is 1.26 bits per heavy atom. The number of hydrogen-bond donors (Lipinski definition) is 1. The van der Waals surface area contributed by atoms with Gasteiger partial charge in [-0.25, -0.2) is 9.67 Å². The van der Waals surface area contributed by atoms with Crippen LogP contribution in [0, 0.1) is 6.92 Å². The van der Waals surface area contributed by atoms with Crippen LogP contribution in [0.2, 0.25) is 0 Å². The maximum absolute atomic E-state index is 13.4. The van der Waals surface area contributed by atoms with Gasteiger partial charge in [-0.1, -0.05) is 18.2 Å². The monoisotopic (exact) mass is 364 g/mol. The molecule has 0 radical (unpaired) electrons. The van der Waals surface area contributed by atoms with Crippen molar-refractivity contribution in [3.8, 4) is 0 Å². The first-order chi connectivity index (χ1) is 12.9. The fraction of sp³-hybridized carbons (Fsp3) is 0.300. The smallest absolute Gasteiger partial charge is 0.312 e. The second-order valence-electron chi connectivity index (χ2n) is 7.10. The summed E-state index contributed by atoms with van der Waals surface area (Å²) in [7, 11) is 0. The Balaban J connectivity index is 1.84. The Kier molecular flexibility index (Phi) is 3.95. The zero-order chi connectivity index (χ0) is 19.3. The fourth-order valence-corrected chi connectivity index (χ4v) is 3.65. The van der Waals surface area contributed by atoms with E-state index in [1.165, 1.54) is 0 Å². The van der Waals surface area contributed by atoms with Crippen LogP contribution in [0.1, 0.15) is 47.4 Å². The van der Waals surface area contributed by atoms with E-state index in [0.29, 0.717) is 27.8 Å². The number of aromatic nitrogens is 3. The second-order valence-corrected chi connectivity index (χ2v) is 7.10. The molecule has 3 aromatic rings. The lowest BCUT2D eigenvalue weighted by Crippen LogP contribution is -2.31. The number of fused-ring (bicyclic) bond motifs is 2. The van der Waals surface area contributed by atoms with Gasteiger partial charge in [-0.3, -0.25) is 9.59 Å². The molecule has 2 aromatic heterocycles. The number of pyridine rings is 1. The van der Waals surface area contributed by atoms with Crippen molar-refractivity contribution in [2.24, 2.45) is 0 Å². The van der Waals surface area contributed by atoms with E-state index in [1.807, 2.05) is 26.8 Å². The van der Waals surface area contributed by atoms with Crippen molar-refractivity contribution < 1.29 is 14.7 Å². The third kappa shape index (κ3) is 2.66. The molecule has 0 saturated carbocycles. The average molecular weight is 364 g/mol. The van der Waals surface area contributed by atoms with Gasteiger partial charge in [0.2, 0.25) is 0 Å². The summed E-state index contributed by atoms with van der Waals surface area (Å²) in [5.41, 5.74) is 3.18. The zero-order valence-corrected chi connectivity index (χ0v) is 15.4. The number of hydrogen-bond acceptors (Lipinski definition) is 4. The normalized spacial score (nSPS) is 16.1. The molecule has 1 aromatic carbocycles. The number of carboxylic acids is 1. The van der Waals surface area contributed by atoms with E-state index in [-0.39, 0.29) is 18.5 Å². The fourth-order valence-electron chi connectivity index (χ4n) is 3.65. The van der Waals surface area contributed by atoms with E-state index >= 15 is 0 Å². The number of aliphatic carboxylic acids is 1. The van der Waals surface area contributed by atoms with Gasteiger partial charge in [-0.05, 0) is 38.5 Å². The number of benzene rings is 1. The second kappa shape index (κ2) is 6.19. The quantitative estimate of drug-likeness (QED) is 0.771. The van der Waals surface area contributed by atoms with E-state index in [0.717, 1.165) is 5.69 Å². The Morgan fingerprint density at radius 2 is 2.00 bits per heavy atom. The van der Waals surface area contributed by atoms with Crippen molar-refractivity contribution in [3.63, 3.8) is 0 Å². The molecule has 0 spiro atoms. The molecule has 0 saturated heterocycles. The van der Waals surface area contributed by atoms with Gasteiger partial charge in [-0.2, -0.15) is 5.10 Å². The number of aryl methyl sites for hydroxylation is 1. The van der Waals surface area contributed by atoms with E-state index in [1.54, 1.807) is 40.0 Å². The first kappa shape index (κ1) is 17.2. The molecule has 0 fully saturated rings. The SMILES string of the molecule is Cc1cc(C(=O)N2CC(C(=O)O)c3ccccc32)c2cnn(C(C)C)c2n1. The van der Waals surface area contributed by atoms with Gasteiger partial charge in [0.25, 0.3) is 5.91 Å². The van der Waals surface area contributed by atoms with Gasteiger partial charge >= 0.3 is 5.97 Å². The number of anilines is 1. The van der Waals surface area contributed by atoms with Crippen LogP contribution in [-0.4, -0.2) is 38.3 Å². The van der Waals surface area contributed by atoms with Gasteiger partial charge in [0.15, 0.2) is 5.65 Å². The number of carboxylic acid groups (broad SMARTS) is 1. The number of para-hydroxylation sites is 1. The third-order valence-corrected chi connectivity index (χ3v) is 4.93. The van der Waals surface area contributed by atoms with Crippen LogP contribution >= 0.6 is 0 Å². The standard InChI is InChI=1S/C20H20N4O3/c1-11(2)24-18-15(9-21-24)14(8-12(3)22-18)19(25)23-10-16(20(26)27)13-6-4-5-7-17(13)23/h4-9,11,16H,10H2,1-3H3,(H,26,27). The van der Waals surface area contributed by atoms with Crippen LogP contribution in [-0.2, 0) is 4.79 Å². The third-order valence-electron chi connectivity index (χ3n) is 4.93. The molecule has 7 nitrogen and oxygen atoms in total. The molecular formula is C20H20N4O3. The van der Waals surface area contributed by atoms with Crippen LogP contribution in [0.25, 0.3) is 11.0 Å². The zero-order valence-electron chi connectivity index (χ0n) is 15.4. The Bertz CT molecular complexity index is 1070. The van der Waals surface area contributed by atoms with E-state index < -0.39 is 11.9 Å². The average Bonchev–Trinajstić information content (AvgIpc) is 3.22. The van der Waals surface area contributed by atoms with Crippen molar-refractivity contribution in [2.45, 2.75) is 32.7 Å². The summed E-state index contributed by atoms with van der Waals surface area (Å²) in [6.07, 6.45) is 1.66. The molecule has 27 heavy (non-hydrogen) atoms. The number of carbonyl (C=O) groups is 2. The Labute approximate surface area is 156 Å². The predicted octanol–water partition coefficient (Wildman–Crippen LogP) is 3.15. The number of nitrogens with zero attached hydrogens (tertiary/aromatic N) is 4. The van der Waals surface area contributed by atoms with Gasteiger partial charge < -0.3 is 10.0 Å². The van der Waals surface area contributed by atoms with Gasteiger partial charge in [0.1, 0.15) is 5.92 Å². The molecule has 0 bridgehead atoms. The molecule has 1 unspecified atom stereocenters. The molecule has 1 aliphatic rings. The molecule has 138 valence electrons. The Hall–Kier alpha value is -3.22. The van der Waals surface area contributed by atoms with E-state index in [2.05, 4.69) is 10.1 Å². The van der Waals surface area contributed by atoms with Crippen molar-refractivity contribution in [2.75, 3.05) is 11.4 Å². The number of rotatable bonds is 3. The number of amides is 1. The minimum atomic E-state index is -0.929. The first-order valence-electron chi connectivity index (χ1n) is 8.87. The summed E-state index contributed by atoms with van der Waals surface area (Å²) in [4.78, 5) is 31.1. The predicted molar refractivity (Wildman–Crippen MR) is 101 cm³/mol. The minimum Gasteiger partial charge on any atom is -0.481 e. The maximum Gasteiger partial charge on any atom is 0.312 e. The van der Waals surface area contributed by atoms with Crippen LogP contribution < -0.4 is 4.90 Å². The summed E-state index contributed by atoms with van der Waals surface area (Å²) < 4.78 is 1.79. The molecule has 1 aliphatic heterocycles. The molecule has 4 rings (SSSR count). The summed E-state index contributed by atoms with van der Waals surface area (Å²) in [5.74, 6) is -1.88. The minimum absolute atomic E-state index is 0.114. The molecule has 7 heteroatoms. The summed E-state index contributed by atoms with van der Waals surface area (Å²) in [5, 5.41) is 14.6. The van der Waals surface area contributed by atoms with Crippen LogP contribution in [0.15, 0.2) is 36.5 Å². The molecule has 0 aliphatic carbocycles. The molecule has 3 heterocycles. The molecule has 1 amide bonds. The maximum atomic E-state index is 13.4.